The van der Waals surface area contributed by atoms with Gasteiger partial charge in [-0.05, 0) is 18.4 Å². The molecule has 2 atom stereocenters. The Morgan fingerprint density at radius 2 is 1.75 bits per heavy atom. The molecule has 16 heavy (non-hydrogen) atoms. The van der Waals surface area contributed by atoms with Crippen molar-refractivity contribution in [3.05, 3.63) is 35.9 Å². The van der Waals surface area contributed by atoms with Crippen molar-refractivity contribution in [1.29, 1.82) is 0 Å². The van der Waals surface area contributed by atoms with Crippen molar-refractivity contribution >= 4 is 31.9 Å². The van der Waals surface area contributed by atoms with Gasteiger partial charge in [0.2, 0.25) is 0 Å². The van der Waals surface area contributed by atoms with Gasteiger partial charge in [0, 0.05) is 9.65 Å². The highest BCUT2D eigenvalue weighted by molar-refractivity contribution is 9.10. The molecular formula is C14H20Br2. The van der Waals surface area contributed by atoms with Crippen LogP contribution >= 0.6 is 31.9 Å². The van der Waals surface area contributed by atoms with Crippen molar-refractivity contribution in [1.82, 2.24) is 0 Å². The smallest absolute Gasteiger partial charge is 0.0405 e. The maximum absolute atomic E-state index is 3.78. The lowest BCUT2D eigenvalue weighted by Crippen LogP contribution is -2.02. The number of unbranched alkanes of at least 4 members (excludes halogenated alkanes) is 2. The number of alkyl halides is 2. The minimum absolute atomic E-state index is 0.472. The van der Waals surface area contributed by atoms with E-state index in [2.05, 4.69) is 69.1 Å². The van der Waals surface area contributed by atoms with Gasteiger partial charge in [-0.1, -0.05) is 88.4 Å². The minimum Gasteiger partial charge on any atom is -0.0890 e. The molecule has 0 aliphatic heterocycles. The van der Waals surface area contributed by atoms with Crippen LogP contribution in [0.4, 0.5) is 0 Å². The molecule has 0 nitrogen and oxygen atoms in total. The molecule has 0 N–H and O–H groups in total. The van der Waals surface area contributed by atoms with Gasteiger partial charge in [-0.2, -0.15) is 0 Å². The lowest BCUT2D eigenvalue weighted by molar-refractivity contribution is 0.624. The van der Waals surface area contributed by atoms with E-state index in [1.807, 2.05) is 0 Å². The summed E-state index contributed by atoms with van der Waals surface area (Å²) in [6.45, 7) is 2.25. The highest BCUT2D eigenvalue weighted by atomic mass is 79.9. The lowest BCUT2D eigenvalue weighted by atomic mass is 10.0. The Bertz CT molecular complexity index is 271. The van der Waals surface area contributed by atoms with Crippen molar-refractivity contribution in [2.45, 2.75) is 48.7 Å². The molecule has 0 aliphatic carbocycles. The van der Waals surface area contributed by atoms with Crippen LogP contribution in [0.15, 0.2) is 30.3 Å². The van der Waals surface area contributed by atoms with E-state index in [1.54, 1.807) is 0 Å². The molecule has 0 spiro atoms. The summed E-state index contributed by atoms with van der Waals surface area (Å²) in [6.07, 6.45) is 6.42. The molecule has 0 aromatic heterocycles. The van der Waals surface area contributed by atoms with Crippen LogP contribution in [0, 0.1) is 0 Å². The van der Waals surface area contributed by atoms with E-state index < -0.39 is 0 Å². The third kappa shape index (κ3) is 5.49. The van der Waals surface area contributed by atoms with Crippen LogP contribution in [0.25, 0.3) is 0 Å². The molecule has 0 saturated carbocycles. The van der Waals surface area contributed by atoms with E-state index in [0.717, 1.165) is 6.42 Å². The molecule has 0 fully saturated rings. The highest BCUT2D eigenvalue weighted by Gasteiger charge is 2.12. The molecule has 1 aromatic rings. The Balaban J connectivity index is 2.31. The second-order valence-corrected chi connectivity index (χ2v) is 6.61. The molecule has 2 heteroatoms. The van der Waals surface area contributed by atoms with Crippen LogP contribution in [0.1, 0.15) is 49.4 Å². The summed E-state index contributed by atoms with van der Waals surface area (Å²) in [4.78, 5) is 1.10. The molecule has 0 amide bonds. The summed E-state index contributed by atoms with van der Waals surface area (Å²) < 4.78 is 0. The Hall–Kier alpha value is 0.180. The molecule has 0 aliphatic rings. The van der Waals surface area contributed by atoms with Gasteiger partial charge in [0.1, 0.15) is 0 Å². The average Bonchev–Trinajstić information content (AvgIpc) is 2.30. The molecule has 2 unspecified atom stereocenters. The second kappa shape index (κ2) is 8.30. The molecular weight excluding hydrogens is 328 g/mol. The summed E-state index contributed by atoms with van der Waals surface area (Å²) in [7, 11) is 0. The fourth-order valence-electron chi connectivity index (χ4n) is 1.76. The molecule has 1 aromatic carbocycles. The largest absolute Gasteiger partial charge is 0.0890 e. The van der Waals surface area contributed by atoms with Crippen LogP contribution in [0.3, 0.4) is 0 Å². The lowest BCUT2D eigenvalue weighted by Gasteiger charge is -2.14. The van der Waals surface area contributed by atoms with Gasteiger partial charge >= 0.3 is 0 Å². The van der Waals surface area contributed by atoms with Gasteiger partial charge in [-0.25, -0.2) is 0 Å². The Morgan fingerprint density at radius 3 is 2.38 bits per heavy atom. The predicted molar refractivity (Wildman–Crippen MR) is 79.6 cm³/mol. The van der Waals surface area contributed by atoms with Crippen molar-refractivity contribution in [3.63, 3.8) is 0 Å². The topological polar surface area (TPSA) is 0 Å². The zero-order valence-corrected chi connectivity index (χ0v) is 13.0. The Morgan fingerprint density at radius 1 is 1.06 bits per heavy atom. The first-order valence-corrected chi connectivity index (χ1v) is 7.90. The Labute approximate surface area is 116 Å². The zero-order chi connectivity index (χ0) is 11.8. The number of hydrogen-bond donors (Lipinski definition) is 0. The van der Waals surface area contributed by atoms with Gasteiger partial charge in [-0.15, -0.1) is 0 Å². The van der Waals surface area contributed by atoms with E-state index in [0.29, 0.717) is 9.65 Å². The van der Waals surface area contributed by atoms with Crippen molar-refractivity contribution in [2.75, 3.05) is 0 Å². The first kappa shape index (κ1) is 14.2. The summed E-state index contributed by atoms with van der Waals surface area (Å²) >= 11 is 7.54. The third-order valence-electron chi connectivity index (χ3n) is 2.74. The maximum Gasteiger partial charge on any atom is 0.0405 e. The molecule has 0 bridgehead atoms. The average molecular weight is 348 g/mol. The summed E-state index contributed by atoms with van der Waals surface area (Å²) in [5.74, 6) is 0. The molecule has 90 valence electrons. The van der Waals surface area contributed by atoms with Gasteiger partial charge in [0.05, 0.1) is 0 Å². The van der Waals surface area contributed by atoms with Gasteiger partial charge < -0.3 is 0 Å². The Kier molecular flexibility index (Phi) is 7.39. The fraction of sp³-hybridized carbons (Fsp3) is 0.571. The minimum atomic E-state index is 0.472. The maximum atomic E-state index is 3.78. The van der Waals surface area contributed by atoms with Crippen LogP contribution in [0.2, 0.25) is 0 Å². The van der Waals surface area contributed by atoms with Crippen molar-refractivity contribution in [3.8, 4) is 0 Å². The van der Waals surface area contributed by atoms with Gasteiger partial charge in [0.15, 0.2) is 0 Å². The van der Waals surface area contributed by atoms with Crippen molar-refractivity contribution in [2.24, 2.45) is 0 Å². The van der Waals surface area contributed by atoms with Crippen LogP contribution in [0.5, 0.6) is 0 Å². The summed E-state index contributed by atoms with van der Waals surface area (Å²) in [5.41, 5.74) is 1.38. The molecule has 0 radical (unpaired) electrons. The van der Waals surface area contributed by atoms with Gasteiger partial charge in [-0.3, -0.25) is 0 Å². The van der Waals surface area contributed by atoms with E-state index in [-0.39, 0.29) is 0 Å². The zero-order valence-electron chi connectivity index (χ0n) is 9.83. The normalized spacial score (nSPS) is 14.7. The first-order valence-electron chi connectivity index (χ1n) is 6.07. The van der Waals surface area contributed by atoms with Crippen LogP contribution in [-0.4, -0.2) is 4.83 Å². The number of hydrogen-bond acceptors (Lipinski definition) is 0. The molecule has 0 heterocycles. The fourth-order valence-corrected chi connectivity index (χ4v) is 3.71. The van der Waals surface area contributed by atoms with E-state index in [4.69, 9.17) is 0 Å². The first-order chi connectivity index (χ1) is 7.74. The second-order valence-electron chi connectivity index (χ2n) is 4.21. The number of rotatable bonds is 7. The van der Waals surface area contributed by atoms with E-state index >= 15 is 0 Å². The van der Waals surface area contributed by atoms with Crippen LogP contribution < -0.4 is 0 Å². The van der Waals surface area contributed by atoms with E-state index in [9.17, 15) is 0 Å². The summed E-state index contributed by atoms with van der Waals surface area (Å²) in [5, 5.41) is 0. The quantitative estimate of drug-likeness (QED) is 0.428. The summed E-state index contributed by atoms with van der Waals surface area (Å²) in [6, 6.07) is 10.6. The number of benzene rings is 1. The van der Waals surface area contributed by atoms with Gasteiger partial charge in [0.25, 0.3) is 0 Å². The monoisotopic (exact) mass is 346 g/mol. The highest BCUT2D eigenvalue weighted by Crippen LogP contribution is 2.31. The van der Waals surface area contributed by atoms with Crippen LogP contribution in [-0.2, 0) is 0 Å². The van der Waals surface area contributed by atoms with E-state index in [1.165, 1.54) is 31.2 Å². The SMILES string of the molecule is CCCCCC(Br)CC(Br)c1ccccc1. The van der Waals surface area contributed by atoms with Crippen molar-refractivity contribution < 1.29 is 0 Å². The predicted octanol–water partition coefficient (Wildman–Crippen LogP) is 5.86. The third-order valence-corrected chi connectivity index (χ3v) is 4.48. The standard InChI is InChI=1S/C14H20Br2/c1-2-3-5-10-13(15)11-14(16)12-8-6-4-7-9-12/h4,6-9,13-14H,2-3,5,10-11H2,1H3. The molecule has 1 rings (SSSR count). The molecule has 0 saturated heterocycles. The number of halogens is 2.